The molecular weight excluding hydrogens is 294 g/mol. The van der Waals surface area contributed by atoms with E-state index in [1.807, 2.05) is 0 Å². The molecule has 23 heavy (non-hydrogen) atoms. The average Bonchev–Trinajstić information content (AvgIpc) is 2.58. The Balaban J connectivity index is 1.45. The van der Waals surface area contributed by atoms with E-state index in [-0.39, 0.29) is 11.7 Å². The van der Waals surface area contributed by atoms with Crippen molar-refractivity contribution < 1.29 is 13.5 Å². The number of alkyl halides is 1. The molecule has 3 heteroatoms. The number of halogens is 2. The molecule has 128 valence electrons. The third-order valence-corrected chi connectivity index (χ3v) is 5.98. The lowest BCUT2D eigenvalue weighted by Gasteiger charge is -2.37. The molecule has 0 radical (unpaired) electrons. The smallest absolute Gasteiger partial charge is 0.241 e. The van der Waals surface area contributed by atoms with Crippen LogP contribution < -0.4 is 4.74 Å². The summed E-state index contributed by atoms with van der Waals surface area (Å²) in [5.74, 6) is 2.62. The Morgan fingerprint density at radius 2 is 1.39 bits per heavy atom. The summed E-state index contributed by atoms with van der Waals surface area (Å²) in [6.07, 6.45) is 8.29. The average molecular weight is 322 g/mol. The highest BCUT2D eigenvalue weighted by molar-refractivity contribution is 5.22. The predicted molar refractivity (Wildman–Crippen MR) is 88.5 cm³/mol. The van der Waals surface area contributed by atoms with Gasteiger partial charge in [0.1, 0.15) is 11.6 Å². The van der Waals surface area contributed by atoms with E-state index in [2.05, 4.69) is 6.92 Å². The molecule has 2 saturated carbocycles. The number of benzene rings is 1. The second-order valence-corrected chi connectivity index (χ2v) is 7.62. The van der Waals surface area contributed by atoms with E-state index >= 15 is 0 Å². The summed E-state index contributed by atoms with van der Waals surface area (Å²) in [5, 5.41) is 0. The zero-order valence-electron chi connectivity index (χ0n) is 14.0. The summed E-state index contributed by atoms with van der Waals surface area (Å²) in [6, 6.07) is 5.61. The summed E-state index contributed by atoms with van der Waals surface area (Å²) in [7, 11) is 0. The first-order valence-electron chi connectivity index (χ1n) is 9.18. The first-order chi connectivity index (χ1) is 11.1. The van der Waals surface area contributed by atoms with Crippen LogP contribution >= 0.6 is 0 Å². The van der Waals surface area contributed by atoms with Gasteiger partial charge in [0.15, 0.2) is 0 Å². The van der Waals surface area contributed by atoms with Gasteiger partial charge >= 0.3 is 0 Å². The van der Waals surface area contributed by atoms with Crippen molar-refractivity contribution in [2.75, 3.05) is 0 Å². The SMILES string of the molecule is CC1CCC(C2CCC(C(F)Oc3ccc(F)cc3)CC2)CC1. The van der Waals surface area contributed by atoms with Gasteiger partial charge in [-0.05, 0) is 80.5 Å². The van der Waals surface area contributed by atoms with E-state index < -0.39 is 6.36 Å². The molecule has 0 N–H and O–H groups in total. The second kappa shape index (κ2) is 7.63. The van der Waals surface area contributed by atoms with E-state index in [0.717, 1.165) is 43.4 Å². The molecule has 1 aromatic rings. The van der Waals surface area contributed by atoms with Crippen LogP contribution in [-0.4, -0.2) is 6.36 Å². The van der Waals surface area contributed by atoms with Crippen LogP contribution in [0.2, 0.25) is 0 Å². The maximum absolute atomic E-state index is 14.4. The molecule has 1 nitrogen and oxygen atoms in total. The molecule has 0 spiro atoms. The zero-order chi connectivity index (χ0) is 16.2. The van der Waals surface area contributed by atoms with Crippen molar-refractivity contribution in [3.05, 3.63) is 30.1 Å². The summed E-state index contributed by atoms with van der Waals surface area (Å²) in [4.78, 5) is 0. The maximum atomic E-state index is 14.4. The minimum atomic E-state index is -1.27. The fraction of sp³-hybridized carbons (Fsp3) is 0.700. The third-order valence-electron chi connectivity index (χ3n) is 5.98. The Kier molecular flexibility index (Phi) is 5.55. The molecule has 2 aliphatic carbocycles. The van der Waals surface area contributed by atoms with E-state index in [0.29, 0.717) is 5.75 Å². The van der Waals surface area contributed by atoms with Crippen LogP contribution in [0.15, 0.2) is 24.3 Å². The van der Waals surface area contributed by atoms with Crippen molar-refractivity contribution >= 4 is 0 Å². The van der Waals surface area contributed by atoms with Crippen molar-refractivity contribution in [2.24, 2.45) is 23.7 Å². The predicted octanol–water partition coefficient (Wildman–Crippen LogP) is 6.13. The highest BCUT2D eigenvalue weighted by Gasteiger charge is 2.33. The standard InChI is InChI=1S/C20H28F2O/c1-14-2-4-15(5-3-14)16-6-8-17(9-7-16)20(22)23-19-12-10-18(21)11-13-19/h10-17,20H,2-9H2,1H3. The minimum Gasteiger partial charge on any atom is -0.460 e. The molecule has 0 aromatic heterocycles. The van der Waals surface area contributed by atoms with Gasteiger partial charge in [0.25, 0.3) is 0 Å². The molecule has 1 unspecified atom stereocenters. The Morgan fingerprint density at radius 1 is 0.870 bits per heavy atom. The minimum absolute atomic E-state index is 0.0150. The molecule has 0 bridgehead atoms. The summed E-state index contributed by atoms with van der Waals surface area (Å²) < 4.78 is 32.6. The van der Waals surface area contributed by atoms with Gasteiger partial charge in [-0.3, -0.25) is 0 Å². The molecule has 2 fully saturated rings. The fourth-order valence-corrected chi connectivity index (χ4v) is 4.38. The van der Waals surface area contributed by atoms with Gasteiger partial charge in [-0.25, -0.2) is 8.78 Å². The van der Waals surface area contributed by atoms with Gasteiger partial charge in [0.2, 0.25) is 6.36 Å². The zero-order valence-corrected chi connectivity index (χ0v) is 14.0. The van der Waals surface area contributed by atoms with Crippen LogP contribution in [0.4, 0.5) is 8.78 Å². The highest BCUT2D eigenvalue weighted by Crippen LogP contribution is 2.42. The summed E-state index contributed by atoms with van der Waals surface area (Å²) in [6.45, 7) is 2.35. The summed E-state index contributed by atoms with van der Waals surface area (Å²) >= 11 is 0. The molecular formula is C20H28F2O. The lowest BCUT2D eigenvalue weighted by Crippen LogP contribution is -2.30. The van der Waals surface area contributed by atoms with Crippen molar-refractivity contribution in [2.45, 2.75) is 64.6 Å². The molecule has 0 heterocycles. The van der Waals surface area contributed by atoms with Crippen molar-refractivity contribution in [3.8, 4) is 5.75 Å². The Labute approximate surface area is 138 Å². The molecule has 1 aromatic carbocycles. The second-order valence-electron chi connectivity index (χ2n) is 7.62. The van der Waals surface area contributed by atoms with Crippen molar-refractivity contribution in [3.63, 3.8) is 0 Å². The highest BCUT2D eigenvalue weighted by atomic mass is 19.1. The quantitative estimate of drug-likeness (QED) is 0.647. The molecule has 0 amide bonds. The molecule has 2 aliphatic rings. The van der Waals surface area contributed by atoms with Crippen LogP contribution in [0.3, 0.4) is 0 Å². The maximum Gasteiger partial charge on any atom is 0.241 e. The lowest BCUT2D eigenvalue weighted by atomic mass is 9.69. The number of ether oxygens (including phenoxy) is 1. The van der Waals surface area contributed by atoms with Crippen LogP contribution in [0.1, 0.15) is 58.3 Å². The van der Waals surface area contributed by atoms with Crippen molar-refractivity contribution in [1.29, 1.82) is 0 Å². The van der Waals surface area contributed by atoms with E-state index in [4.69, 9.17) is 4.74 Å². The van der Waals surface area contributed by atoms with Crippen LogP contribution in [0, 0.1) is 29.5 Å². The molecule has 3 rings (SSSR count). The van der Waals surface area contributed by atoms with Gasteiger partial charge in [-0.2, -0.15) is 0 Å². The number of rotatable bonds is 4. The van der Waals surface area contributed by atoms with Gasteiger partial charge in [-0.15, -0.1) is 0 Å². The normalized spacial score (nSPS) is 33.2. The Hall–Kier alpha value is -1.12. The molecule has 0 saturated heterocycles. The first-order valence-corrected chi connectivity index (χ1v) is 9.18. The molecule has 0 aliphatic heterocycles. The van der Waals surface area contributed by atoms with E-state index in [1.54, 1.807) is 0 Å². The van der Waals surface area contributed by atoms with Gasteiger partial charge < -0.3 is 4.74 Å². The monoisotopic (exact) mass is 322 g/mol. The van der Waals surface area contributed by atoms with Crippen LogP contribution in [-0.2, 0) is 0 Å². The first kappa shape index (κ1) is 16.7. The van der Waals surface area contributed by atoms with Crippen LogP contribution in [0.5, 0.6) is 5.75 Å². The van der Waals surface area contributed by atoms with Crippen LogP contribution in [0.25, 0.3) is 0 Å². The van der Waals surface area contributed by atoms with Gasteiger partial charge in [0, 0.05) is 5.92 Å². The van der Waals surface area contributed by atoms with Gasteiger partial charge in [-0.1, -0.05) is 19.8 Å². The summed E-state index contributed by atoms with van der Waals surface area (Å²) in [5.41, 5.74) is 0. The van der Waals surface area contributed by atoms with Gasteiger partial charge in [0.05, 0.1) is 0 Å². The van der Waals surface area contributed by atoms with E-state index in [9.17, 15) is 8.78 Å². The Bertz CT molecular complexity index is 471. The number of hydrogen-bond donors (Lipinski definition) is 0. The molecule has 1 atom stereocenters. The topological polar surface area (TPSA) is 9.23 Å². The number of hydrogen-bond acceptors (Lipinski definition) is 1. The van der Waals surface area contributed by atoms with E-state index in [1.165, 1.54) is 49.9 Å². The third kappa shape index (κ3) is 4.45. The fourth-order valence-electron chi connectivity index (χ4n) is 4.38. The van der Waals surface area contributed by atoms with Crippen molar-refractivity contribution in [1.82, 2.24) is 0 Å². The largest absolute Gasteiger partial charge is 0.460 e. The lowest BCUT2D eigenvalue weighted by molar-refractivity contribution is -0.0143. The Morgan fingerprint density at radius 3 is 1.96 bits per heavy atom.